The fourth-order valence-corrected chi connectivity index (χ4v) is 5.61. The number of hydrogen-bond donors (Lipinski definition) is 2. The van der Waals surface area contributed by atoms with Gasteiger partial charge in [-0.2, -0.15) is 5.09 Å². The zero-order valence-corrected chi connectivity index (χ0v) is 20.1. The van der Waals surface area contributed by atoms with Crippen LogP contribution < -0.4 is 15.3 Å². The topological polar surface area (TPSA) is 131 Å². The lowest BCUT2D eigenvalue weighted by atomic mass is 10.1. The van der Waals surface area contributed by atoms with Crippen LogP contribution in [0, 0.1) is 5.92 Å². The third-order valence-corrected chi connectivity index (χ3v) is 7.36. The number of carbonyl (C=O) groups excluding carboxylic acids is 1. The summed E-state index contributed by atoms with van der Waals surface area (Å²) in [5.41, 5.74) is 5.41. The molecule has 4 rings (SSSR count). The van der Waals surface area contributed by atoms with E-state index in [1.807, 2.05) is 29.0 Å². The quantitative estimate of drug-likeness (QED) is 0.263. The number of esters is 1. The van der Waals surface area contributed by atoms with Crippen molar-refractivity contribution in [3.8, 4) is 5.75 Å². The van der Waals surface area contributed by atoms with E-state index in [1.165, 1.54) is 13.4 Å². The molecule has 0 amide bonds. The van der Waals surface area contributed by atoms with Gasteiger partial charge in [-0.1, -0.05) is 30.4 Å². The van der Waals surface area contributed by atoms with Gasteiger partial charge >= 0.3 is 13.7 Å². The number of para-hydroxylation sites is 1. The summed E-state index contributed by atoms with van der Waals surface area (Å²) < 4.78 is 32.1. The number of carbonyl (C=O) groups is 1. The van der Waals surface area contributed by atoms with Crippen LogP contribution in [-0.4, -0.2) is 39.8 Å². The van der Waals surface area contributed by atoms with Crippen molar-refractivity contribution in [2.24, 2.45) is 5.92 Å². The molecule has 0 aliphatic heterocycles. The third-order valence-electron chi connectivity index (χ3n) is 5.59. The zero-order valence-electron chi connectivity index (χ0n) is 19.2. The van der Waals surface area contributed by atoms with E-state index in [9.17, 15) is 9.36 Å². The number of ether oxygens (including phenoxy) is 1. The average molecular weight is 485 g/mol. The molecule has 2 heterocycles. The van der Waals surface area contributed by atoms with Gasteiger partial charge in [-0.25, -0.2) is 14.5 Å². The number of methoxy groups -OCH3 is 1. The van der Waals surface area contributed by atoms with Crippen molar-refractivity contribution in [2.75, 3.05) is 19.5 Å². The molecule has 10 nitrogen and oxygen atoms in total. The Kier molecular flexibility index (Phi) is 6.74. The van der Waals surface area contributed by atoms with Crippen LogP contribution in [0.15, 0.2) is 61.1 Å². The molecule has 3 N–H and O–H groups in total. The number of benzene rings is 1. The summed E-state index contributed by atoms with van der Waals surface area (Å²) >= 11 is 0. The van der Waals surface area contributed by atoms with Gasteiger partial charge in [0.2, 0.25) is 0 Å². The highest BCUT2D eigenvalue weighted by Gasteiger charge is 2.40. The molecule has 0 saturated carbocycles. The van der Waals surface area contributed by atoms with Crippen molar-refractivity contribution >= 4 is 30.6 Å². The number of nitrogens with zero attached hydrogens (tertiary/aromatic N) is 3. The maximum atomic E-state index is 13.7. The lowest BCUT2D eigenvalue weighted by Crippen LogP contribution is -2.46. The highest BCUT2D eigenvalue weighted by molar-refractivity contribution is 7.52. The summed E-state index contributed by atoms with van der Waals surface area (Å²) in [7, 11) is -2.67. The Bertz CT molecular complexity index is 1240. The van der Waals surface area contributed by atoms with Crippen LogP contribution in [0.2, 0.25) is 0 Å². The van der Waals surface area contributed by atoms with Gasteiger partial charge < -0.3 is 19.6 Å². The van der Waals surface area contributed by atoms with Crippen molar-refractivity contribution in [3.05, 3.63) is 61.1 Å². The van der Waals surface area contributed by atoms with Crippen molar-refractivity contribution in [1.82, 2.24) is 19.6 Å². The molecule has 0 saturated heterocycles. The van der Waals surface area contributed by atoms with Gasteiger partial charge in [0.15, 0.2) is 0 Å². The highest BCUT2D eigenvalue weighted by atomic mass is 31.2. The summed E-state index contributed by atoms with van der Waals surface area (Å²) in [5, 5.41) is 3.54. The second-order valence-electron chi connectivity index (χ2n) is 8.59. The van der Waals surface area contributed by atoms with Crippen LogP contribution in [0.5, 0.6) is 5.75 Å². The molecule has 3 atom stereocenters. The molecule has 11 heteroatoms. The summed E-state index contributed by atoms with van der Waals surface area (Å²) in [5.74, 6) is 0.172. The SMILES string of the molecule is COC(=O)C(C)(C)NP(=O)(OC[C@@H]1C=C[C@H](n2ccc3c(N)ncnc32)C1)Oc1ccccc1. The van der Waals surface area contributed by atoms with Crippen LogP contribution in [0.25, 0.3) is 11.0 Å². The molecule has 180 valence electrons. The number of nitrogen functional groups attached to an aromatic ring is 1. The predicted molar refractivity (Wildman–Crippen MR) is 128 cm³/mol. The Labute approximate surface area is 197 Å². The van der Waals surface area contributed by atoms with E-state index in [0.29, 0.717) is 18.0 Å². The highest BCUT2D eigenvalue weighted by Crippen LogP contribution is 2.47. The van der Waals surface area contributed by atoms with E-state index < -0.39 is 19.3 Å². The maximum Gasteiger partial charge on any atom is 0.459 e. The monoisotopic (exact) mass is 485 g/mol. The van der Waals surface area contributed by atoms with Crippen molar-refractivity contribution in [2.45, 2.75) is 31.8 Å². The number of hydrogen-bond acceptors (Lipinski definition) is 8. The van der Waals surface area contributed by atoms with Gasteiger partial charge in [0.25, 0.3) is 0 Å². The Morgan fingerprint density at radius 2 is 2.00 bits per heavy atom. The summed E-state index contributed by atoms with van der Waals surface area (Å²) in [6, 6.07) is 10.6. The first-order valence-corrected chi connectivity index (χ1v) is 12.4. The molecule has 1 aliphatic rings. The van der Waals surface area contributed by atoms with E-state index >= 15 is 0 Å². The van der Waals surface area contributed by atoms with Crippen molar-refractivity contribution < 1.29 is 23.1 Å². The van der Waals surface area contributed by atoms with Gasteiger partial charge in [0.1, 0.15) is 29.1 Å². The third kappa shape index (κ3) is 5.14. The van der Waals surface area contributed by atoms with E-state index in [-0.39, 0.29) is 18.6 Å². The number of fused-ring (bicyclic) bond motifs is 1. The molecule has 3 aromatic rings. The molecular weight excluding hydrogens is 457 g/mol. The number of rotatable bonds is 9. The Balaban J connectivity index is 1.47. The van der Waals surface area contributed by atoms with Gasteiger partial charge in [-0.15, -0.1) is 0 Å². The van der Waals surface area contributed by atoms with Gasteiger partial charge in [0, 0.05) is 12.1 Å². The summed E-state index contributed by atoms with van der Waals surface area (Å²) in [6.07, 6.45) is 8.15. The second-order valence-corrected chi connectivity index (χ2v) is 10.3. The molecule has 2 aromatic heterocycles. The largest absolute Gasteiger partial charge is 0.468 e. The zero-order chi connectivity index (χ0) is 24.3. The van der Waals surface area contributed by atoms with Gasteiger partial charge in [0.05, 0.1) is 25.1 Å². The molecule has 1 unspecified atom stereocenters. The van der Waals surface area contributed by atoms with Crippen LogP contribution in [0.1, 0.15) is 26.3 Å². The van der Waals surface area contributed by atoms with Gasteiger partial charge in [-0.05, 0) is 38.5 Å². The first-order valence-electron chi connectivity index (χ1n) is 10.8. The smallest absolute Gasteiger partial charge is 0.459 e. The molecule has 0 radical (unpaired) electrons. The number of allylic oxidation sites excluding steroid dienone is 1. The van der Waals surface area contributed by atoms with Crippen molar-refractivity contribution in [1.29, 1.82) is 0 Å². The number of aromatic nitrogens is 3. The minimum absolute atomic E-state index is 0.0302. The first kappa shape index (κ1) is 23.9. The molecule has 0 fully saturated rings. The average Bonchev–Trinajstić information content (AvgIpc) is 3.45. The first-order chi connectivity index (χ1) is 16.2. The van der Waals surface area contributed by atoms with Gasteiger partial charge in [-0.3, -0.25) is 9.32 Å². The lowest BCUT2D eigenvalue weighted by molar-refractivity contribution is -0.146. The van der Waals surface area contributed by atoms with E-state index in [0.717, 1.165) is 11.0 Å². The Morgan fingerprint density at radius 3 is 2.74 bits per heavy atom. The molecule has 1 aliphatic carbocycles. The number of nitrogens with two attached hydrogens (primary N) is 1. The summed E-state index contributed by atoms with van der Waals surface area (Å²) in [6.45, 7) is 3.23. The second kappa shape index (κ2) is 9.58. The minimum atomic E-state index is -3.94. The van der Waals surface area contributed by atoms with E-state index in [2.05, 4.69) is 21.1 Å². The Morgan fingerprint density at radius 1 is 1.24 bits per heavy atom. The standard InChI is InChI=1S/C23H28N5O5P/c1-23(2,22(29)31-3)27-34(30,33-18-7-5-4-6-8-18)32-14-16-9-10-17(13-16)28-12-11-19-20(24)25-15-26-21(19)28/h4-12,15-17H,13-14H2,1-3H3,(H,27,30)(H2,24,25,26)/t16-,17+,34?/m1/s1. The summed E-state index contributed by atoms with van der Waals surface area (Å²) in [4.78, 5) is 20.6. The van der Waals surface area contributed by atoms with Crippen LogP contribution in [0.4, 0.5) is 5.82 Å². The molecule has 34 heavy (non-hydrogen) atoms. The van der Waals surface area contributed by atoms with E-state index in [4.69, 9.17) is 19.5 Å². The fraction of sp³-hybridized carbons (Fsp3) is 0.348. The number of nitrogens with one attached hydrogen (secondary N) is 1. The lowest BCUT2D eigenvalue weighted by Gasteiger charge is -2.29. The number of anilines is 1. The van der Waals surface area contributed by atoms with Crippen molar-refractivity contribution in [3.63, 3.8) is 0 Å². The minimum Gasteiger partial charge on any atom is -0.468 e. The molecular formula is C23H28N5O5P. The maximum absolute atomic E-state index is 13.7. The van der Waals surface area contributed by atoms with Crippen LogP contribution in [-0.2, 0) is 18.6 Å². The van der Waals surface area contributed by atoms with E-state index in [1.54, 1.807) is 38.1 Å². The molecule has 0 spiro atoms. The molecule has 0 bridgehead atoms. The predicted octanol–water partition coefficient (Wildman–Crippen LogP) is 3.88. The normalized spacial score (nSPS) is 19.7. The van der Waals surface area contributed by atoms with Crippen LogP contribution >= 0.6 is 7.75 Å². The Hall–Kier alpha value is -3.20. The fourth-order valence-electron chi connectivity index (χ4n) is 3.88. The molecule has 1 aromatic carbocycles. The van der Waals surface area contributed by atoms with Crippen LogP contribution in [0.3, 0.4) is 0 Å².